The SMILES string of the molecule is CCCCC1CCC(NC(=O)CNCC2CC2)CC1.Cl. The fourth-order valence-electron chi connectivity index (χ4n) is 3.08. The molecular formula is C16H31ClN2O. The Bertz CT molecular complexity index is 274. The monoisotopic (exact) mass is 302 g/mol. The van der Waals surface area contributed by atoms with Crippen molar-refractivity contribution in [3.8, 4) is 0 Å². The molecule has 0 spiro atoms. The number of unbranched alkanes of at least 4 members (excludes halogenated alkanes) is 1. The molecule has 2 N–H and O–H groups in total. The zero-order valence-corrected chi connectivity index (χ0v) is 13.6. The molecule has 0 heterocycles. The van der Waals surface area contributed by atoms with Crippen LogP contribution in [0.5, 0.6) is 0 Å². The first-order chi connectivity index (χ1) is 9.28. The van der Waals surface area contributed by atoms with Gasteiger partial charge in [0.2, 0.25) is 5.91 Å². The second kappa shape index (κ2) is 9.62. The zero-order chi connectivity index (χ0) is 13.5. The van der Waals surface area contributed by atoms with E-state index in [0.29, 0.717) is 12.6 Å². The Hall–Kier alpha value is -0.280. The third-order valence-electron chi connectivity index (χ3n) is 4.59. The summed E-state index contributed by atoms with van der Waals surface area (Å²) in [5.41, 5.74) is 0. The Kier molecular flexibility index (Phi) is 8.55. The molecule has 4 heteroatoms. The van der Waals surface area contributed by atoms with Gasteiger partial charge in [0.25, 0.3) is 0 Å². The average molecular weight is 303 g/mol. The molecule has 2 saturated carbocycles. The lowest BCUT2D eigenvalue weighted by Gasteiger charge is -2.29. The fraction of sp³-hybridized carbons (Fsp3) is 0.938. The van der Waals surface area contributed by atoms with Crippen LogP contribution in [-0.4, -0.2) is 25.0 Å². The summed E-state index contributed by atoms with van der Waals surface area (Å²) in [4.78, 5) is 11.8. The van der Waals surface area contributed by atoms with Crippen molar-refractivity contribution >= 4 is 18.3 Å². The van der Waals surface area contributed by atoms with Crippen LogP contribution in [-0.2, 0) is 4.79 Å². The number of amides is 1. The smallest absolute Gasteiger partial charge is 0.234 e. The molecule has 2 aliphatic carbocycles. The van der Waals surface area contributed by atoms with Crippen LogP contribution in [0.4, 0.5) is 0 Å². The quantitative estimate of drug-likeness (QED) is 0.722. The first-order valence-corrected chi connectivity index (χ1v) is 8.28. The van der Waals surface area contributed by atoms with Gasteiger partial charge in [0.05, 0.1) is 6.54 Å². The van der Waals surface area contributed by atoms with E-state index in [1.54, 1.807) is 0 Å². The van der Waals surface area contributed by atoms with Crippen LogP contribution in [0.3, 0.4) is 0 Å². The van der Waals surface area contributed by atoms with Gasteiger partial charge < -0.3 is 10.6 Å². The highest BCUT2D eigenvalue weighted by Gasteiger charge is 2.23. The molecule has 0 unspecified atom stereocenters. The summed E-state index contributed by atoms with van der Waals surface area (Å²) in [6, 6.07) is 0.438. The average Bonchev–Trinajstić information content (AvgIpc) is 3.22. The molecule has 118 valence electrons. The Morgan fingerprint density at radius 2 is 1.70 bits per heavy atom. The van der Waals surface area contributed by atoms with Gasteiger partial charge in [0.1, 0.15) is 0 Å². The van der Waals surface area contributed by atoms with Crippen LogP contribution in [0.15, 0.2) is 0 Å². The molecule has 0 radical (unpaired) electrons. The summed E-state index contributed by atoms with van der Waals surface area (Å²) >= 11 is 0. The third kappa shape index (κ3) is 6.94. The standard InChI is InChI=1S/C16H30N2O.ClH/c1-2-3-4-13-7-9-15(10-8-13)18-16(19)12-17-11-14-5-6-14;/h13-15,17H,2-12H2,1H3,(H,18,19);1H. The summed E-state index contributed by atoms with van der Waals surface area (Å²) in [7, 11) is 0. The lowest BCUT2D eigenvalue weighted by atomic mass is 9.83. The van der Waals surface area contributed by atoms with Crippen LogP contribution in [0, 0.1) is 11.8 Å². The molecule has 0 aromatic rings. The molecule has 0 aromatic heterocycles. The van der Waals surface area contributed by atoms with E-state index in [2.05, 4.69) is 17.6 Å². The Morgan fingerprint density at radius 1 is 1.05 bits per heavy atom. The fourth-order valence-corrected chi connectivity index (χ4v) is 3.08. The molecule has 0 aliphatic heterocycles. The van der Waals surface area contributed by atoms with Crippen molar-refractivity contribution in [2.75, 3.05) is 13.1 Å². The van der Waals surface area contributed by atoms with Crippen molar-refractivity contribution in [3.05, 3.63) is 0 Å². The first-order valence-electron chi connectivity index (χ1n) is 8.28. The summed E-state index contributed by atoms with van der Waals surface area (Å²) in [5.74, 6) is 1.96. The minimum Gasteiger partial charge on any atom is -0.352 e. The van der Waals surface area contributed by atoms with E-state index in [0.717, 1.165) is 18.4 Å². The van der Waals surface area contributed by atoms with E-state index in [-0.39, 0.29) is 18.3 Å². The minimum atomic E-state index is 0. The maximum Gasteiger partial charge on any atom is 0.234 e. The number of carbonyl (C=O) groups excluding carboxylic acids is 1. The summed E-state index contributed by atoms with van der Waals surface area (Å²) < 4.78 is 0. The number of nitrogens with one attached hydrogen (secondary N) is 2. The molecule has 0 atom stereocenters. The van der Waals surface area contributed by atoms with Crippen LogP contribution in [0.2, 0.25) is 0 Å². The van der Waals surface area contributed by atoms with Gasteiger partial charge in [-0.2, -0.15) is 0 Å². The second-order valence-corrected chi connectivity index (χ2v) is 6.50. The minimum absolute atomic E-state index is 0. The lowest BCUT2D eigenvalue weighted by Crippen LogP contribution is -2.42. The van der Waals surface area contributed by atoms with E-state index in [1.807, 2.05) is 0 Å². The lowest BCUT2D eigenvalue weighted by molar-refractivity contribution is -0.121. The molecule has 2 rings (SSSR count). The van der Waals surface area contributed by atoms with Crippen molar-refractivity contribution in [1.29, 1.82) is 0 Å². The van der Waals surface area contributed by atoms with Crippen molar-refractivity contribution < 1.29 is 4.79 Å². The molecule has 2 fully saturated rings. The van der Waals surface area contributed by atoms with Gasteiger partial charge in [-0.3, -0.25) is 4.79 Å². The zero-order valence-electron chi connectivity index (χ0n) is 12.8. The van der Waals surface area contributed by atoms with Crippen molar-refractivity contribution in [2.45, 2.75) is 70.8 Å². The number of halogens is 1. The highest BCUT2D eigenvalue weighted by atomic mass is 35.5. The molecule has 0 aromatic carbocycles. The topological polar surface area (TPSA) is 41.1 Å². The van der Waals surface area contributed by atoms with E-state index in [9.17, 15) is 4.79 Å². The molecule has 3 nitrogen and oxygen atoms in total. The highest BCUT2D eigenvalue weighted by molar-refractivity contribution is 5.85. The first kappa shape index (κ1) is 17.8. The molecule has 0 saturated heterocycles. The molecule has 1 amide bonds. The van der Waals surface area contributed by atoms with Gasteiger partial charge in [0, 0.05) is 6.04 Å². The number of hydrogen-bond acceptors (Lipinski definition) is 2. The van der Waals surface area contributed by atoms with Gasteiger partial charge >= 0.3 is 0 Å². The van der Waals surface area contributed by atoms with Gasteiger partial charge in [0.15, 0.2) is 0 Å². The normalized spacial score (nSPS) is 25.9. The van der Waals surface area contributed by atoms with Crippen LogP contribution in [0.1, 0.15) is 64.7 Å². The van der Waals surface area contributed by atoms with Gasteiger partial charge in [-0.15, -0.1) is 12.4 Å². The van der Waals surface area contributed by atoms with E-state index in [1.165, 1.54) is 57.8 Å². The second-order valence-electron chi connectivity index (χ2n) is 6.50. The van der Waals surface area contributed by atoms with Crippen LogP contribution >= 0.6 is 12.4 Å². The number of hydrogen-bond donors (Lipinski definition) is 2. The highest BCUT2D eigenvalue weighted by Crippen LogP contribution is 2.28. The van der Waals surface area contributed by atoms with Crippen molar-refractivity contribution in [2.24, 2.45) is 11.8 Å². The summed E-state index contributed by atoms with van der Waals surface area (Å²) in [5, 5.41) is 6.45. The Labute approximate surface area is 130 Å². The van der Waals surface area contributed by atoms with E-state index in [4.69, 9.17) is 0 Å². The number of carbonyl (C=O) groups is 1. The van der Waals surface area contributed by atoms with Gasteiger partial charge in [-0.05, 0) is 56.9 Å². The maximum atomic E-state index is 11.8. The predicted molar refractivity (Wildman–Crippen MR) is 86.3 cm³/mol. The summed E-state index contributed by atoms with van der Waals surface area (Å²) in [6.45, 7) is 3.80. The predicted octanol–water partition coefficient (Wildman–Crippen LogP) is 3.27. The molecule has 2 aliphatic rings. The summed E-state index contributed by atoms with van der Waals surface area (Å²) in [6.07, 6.45) is 11.7. The third-order valence-corrected chi connectivity index (χ3v) is 4.59. The van der Waals surface area contributed by atoms with Crippen LogP contribution < -0.4 is 10.6 Å². The van der Waals surface area contributed by atoms with Gasteiger partial charge in [-0.1, -0.05) is 26.2 Å². The number of rotatable bonds is 8. The van der Waals surface area contributed by atoms with Gasteiger partial charge in [-0.25, -0.2) is 0 Å². The van der Waals surface area contributed by atoms with E-state index < -0.39 is 0 Å². The molecule has 20 heavy (non-hydrogen) atoms. The Morgan fingerprint density at radius 3 is 2.30 bits per heavy atom. The Balaban J connectivity index is 0.00000200. The van der Waals surface area contributed by atoms with Crippen molar-refractivity contribution in [1.82, 2.24) is 10.6 Å². The molecular weight excluding hydrogens is 272 g/mol. The van der Waals surface area contributed by atoms with E-state index >= 15 is 0 Å². The maximum absolute atomic E-state index is 11.8. The van der Waals surface area contributed by atoms with Crippen LogP contribution in [0.25, 0.3) is 0 Å². The largest absolute Gasteiger partial charge is 0.352 e. The molecule has 0 bridgehead atoms. The van der Waals surface area contributed by atoms with Crippen molar-refractivity contribution in [3.63, 3.8) is 0 Å².